The van der Waals surface area contributed by atoms with Crippen molar-refractivity contribution < 1.29 is 13.9 Å². The van der Waals surface area contributed by atoms with Crippen LogP contribution in [0.4, 0.5) is 0 Å². The van der Waals surface area contributed by atoms with Crippen LogP contribution in [0.1, 0.15) is 22.9 Å². The summed E-state index contributed by atoms with van der Waals surface area (Å²) in [4.78, 5) is 14.3. The van der Waals surface area contributed by atoms with Gasteiger partial charge in [-0.05, 0) is 35.4 Å². The number of ether oxygens (including phenoxy) is 1. The SMILES string of the molecule is COC(=O)C1CN(Cc2nnc(-c3ccc(Cl)cc3)o2)Cc2ccccc21. The van der Waals surface area contributed by atoms with Gasteiger partial charge >= 0.3 is 5.97 Å². The number of hydrogen-bond acceptors (Lipinski definition) is 6. The van der Waals surface area contributed by atoms with Gasteiger partial charge in [0, 0.05) is 23.7 Å². The number of carbonyl (C=O) groups is 1. The summed E-state index contributed by atoms with van der Waals surface area (Å²) in [5.41, 5.74) is 2.94. The van der Waals surface area contributed by atoms with E-state index in [2.05, 4.69) is 15.1 Å². The van der Waals surface area contributed by atoms with E-state index in [0.717, 1.165) is 16.7 Å². The Labute approximate surface area is 161 Å². The maximum Gasteiger partial charge on any atom is 0.314 e. The number of carbonyl (C=O) groups excluding carboxylic acids is 1. The van der Waals surface area contributed by atoms with Crippen LogP contribution in [0.15, 0.2) is 52.9 Å². The Balaban J connectivity index is 1.53. The Hall–Kier alpha value is -2.70. The first-order valence-electron chi connectivity index (χ1n) is 8.60. The van der Waals surface area contributed by atoms with Gasteiger partial charge in [-0.1, -0.05) is 35.9 Å². The molecule has 0 saturated carbocycles. The van der Waals surface area contributed by atoms with Crippen LogP contribution < -0.4 is 0 Å². The topological polar surface area (TPSA) is 68.5 Å². The number of benzene rings is 2. The van der Waals surface area contributed by atoms with Crippen LogP contribution in [0.3, 0.4) is 0 Å². The second-order valence-electron chi connectivity index (χ2n) is 6.45. The van der Waals surface area contributed by atoms with Crippen LogP contribution in [-0.2, 0) is 22.6 Å². The molecule has 4 rings (SSSR count). The first kappa shape index (κ1) is 17.7. The zero-order valence-corrected chi connectivity index (χ0v) is 15.5. The number of halogens is 1. The monoisotopic (exact) mass is 383 g/mol. The van der Waals surface area contributed by atoms with Gasteiger partial charge in [-0.25, -0.2) is 0 Å². The van der Waals surface area contributed by atoms with Crippen molar-refractivity contribution in [1.82, 2.24) is 15.1 Å². The minimum Gasteiger partial charge on any atom is -0.469 e. The lowest BCUT2D eigenvalue weighted by Gasteiger charge is -2.32. The highest BCUT2D eigenvalue weighted by Gasteiger charge is 2.31. The standard InChI is InChI=1S/C20H18ClN3O3/c1-26-20(25)17-11-24(10-14-4-2-3-5-16(14)17)12-18-22-23-19(27-18)13-6-8-15(21)9-7-13/h2-9,17H,10-12H2,1H3. The van der Waals surface area contributed by atoms with Crippen molar-refractivity contribution in [2.45, 2.75) is 19.0 Å². The third-order valence-corrected chi connectivity index (χ3v) is 4.92. The molecule has 2 aromatic carbocycles. The molecule has 0 amide bonds. The molecule has 1 aliphatic rings. The lowest BCUT2D eigenvalue weighted by atomic mass is 9.90. The molecule has 27 heavy (non-hydrogen) atoms. The second-order valence-corrected chi connectivity index (χ2v) is 6.89. The Morgan fingerprint density at radius 2 is 2.00 bits per heavy atom. The molecular weight excluding hydrogens is 366 g/mol. The summed E-state index contributed by atoms with van der Waals surface area (Å²) in [5.74, 6) is 0.393. The highest BCUT2D eigenvalue weighted by Crippen LogP contribution is 2.30. The molecule has 0 bridgehead atoms. The van der Waals surface area contributed by atoms with Crippen LogP contribution in [0.2, 0.25) is 5.02 Å². The summed E-state index contributed by atoms with van der Waals surface area (Å²) >= 11 is 5.91. The van der Waals surface area contributed by atoms with Crippen LogP contribution in [0, 0.1) is 0 Å². The Kier molecular flexibility index (Phi) is 4.92. The molecule has 7 heteroatoms. The molecule has 0 spiro atoms. The average Bonchev–Trinajstić information content (AvgIpc) is 3.15. The maximum absolute atomic E-state index is 12.2. The van der Waals surface area contributed by atoms with Crippen LogP contribution in [0.5, 0.6) is 0 Å². The molecule has 1 aliphatic heterocycles. The van der Waals surface area contributed by atoms with E-state index in [9.17, 15) is 4.79 Å². The minimum absolute atomic E-state index is 0.237. The van der Waals surface area contributed by atoms with E-state index in [1.807, 2.05) is 36.4 Å². The van der Waals surface area contributed by atoms with Crippen LogP contribution in [0.25, 0.3) is 11.5 Å². The summed E-state index contributed by atoms with van der Waals surface area (Å²) in [6, 6.07) is 15.2. The molecule has 1 aromatic heterocycles. The molecule has 0 radical (unpaired) electrons. The largest absolute Gasteiger partial charge is 0.469 e. The fourth-order valence-electron chi connectivity index (χ4n) is 3.36. The summed E-state index contributed by atoms with van der Waals surface area (Å²) < 4.78 is 10.8. The van der Waals surface area contributed by atoms with Crippen molar-refractivity contribution in [3.63, 3.8) is 0 Å². The van der Waals surface area contributed by atoms with Gasteiger partial charge in [0.2, 0.25) is 11.8 Å². The predicted molar refractivity (Wildman–Crippen MR) is 100 cm³/mol. The van der Waals surface area contributed by atoms with Crippen LogP contribution in [-0.4, -0.2) is 34.7 Å². The quantitative estimate of drug-likeness (QED) is 0.640. The highest BCUT2D eigenvalue weighted by atomic mass is 35.5. The fourth-order valence-corrected chi connectivity index (χ4v) is 3.49. The molecule has 3 aromatic rings. The molecule has 1 unspecified atom stereocenters. The molecule has 138 valence electrons. The first-order chi connectivity index (χ1) is 13.1. The van der Waals surface area contributed by atoms with E-state index in [-0.39, 0.29) is 11.9 Å². The van der Waals surface area contributed by atoms with Gasteiger partial charge in [0.15, 0.2) is 0 Å². The van der Waals surface area contributed by atoms with E-state index in [0.29, 0.717) is 36.4 Å². The lowest BCUT2D eigenvalue weighted by molar-refractivity contribution is -0.143. The number of methoxy groups -OCH3 is 1. The van der Waals surface area contributed by atoms with Gasteiger partial charge in [-0.15, -0.1) is 10.2 Å². The van der Waals surface area contributed by atoms with Crippen molar-refractivity contribution >= 4 is 17.6 Å². The van der Waals surface area contributed by atoms with Crippen molar-refractivity contribution in [2.75, 3.05) is 13.7 Å². The van der Waals surface area contributed by atoms with E-state index < -0.39 is 0 Å². The van der Waals surface area contributed by atoms with Gasteiger partial charge in [-0.2, -0.15) is 0 Å². The number of hydrogen-bond donors (Lipinski definition) is 0. The summed E-state index contributed by atoms with van der Waals surface area (Å²) in [7, 11) is 1.42. The summed E-state index contributed by atoms with van der Waals surface area (Å²) in [6.45, 7) is 1.72. The smallest absolute Gasteiger partial charge is 0.314 e. The van der Waals surface area contributed by atoms with Gasteiger partial charge in [0.1, 0.15) is 0 Å². The number of aromatic nitrogens is 2. The fraction of sp³-hybridized carbons (Fsp3) is 0.250. The normalized spacial score (nSPS) is 16.7. The highest BCUT2D eigenvalue weighted by molar-refractivity contribution is 6.30. The zero-order chi connectivity index (χ0) is 18.8. The molecule has 6 nitrogen and oxygen atoms in total. The van der Waals surface area contributed by atoms with Crippen molar-refractivity contribution in [3.05, 3.63) is 70.6 Å². The average molecular weight is 384 g/mol. The molecular formula is C20H18ClN3O3. The van der Waals surface area contributed by atoms with E-state index in [1.165, 1.54) is 7.11 Å². The molecule has 1 atom stereocenters. The van der Waals surface area contributed by atoms with Crippen LogP contribution >= 0.6 is 11.6 Å². The van der Waals surface area contributed by atoms with Gasteiger partial charge in [0.25, 0.3) is 0 Å². The molecule has 0 N–H and O–H groups in total. The Bertz CT molecular complexity index is 955. The third-order valence-electron chi connectivity index (χ3n) is 4.67. The lowest BCUT2D eigenvalue weighted by Crippen LogP contribution is -2.37. The third kappa shape index (κ3) is 3.72. The van der Waals surface area contributed by atoms with Crippen molar-refractivity contribution in [1.29, 1.82) is 0 Å². The first-order valence-corrected chi connectivity index (χ1v) is 8.98. The minimum atomic E-state index is -0.321. The summed E-state index contributed by atoms with van der Waals surface area (Å²) in [5, 5.41) is 8.92. The maximum atomic E-state index is 12.2. The molecule has 2 heterocycles. The van der Waals surface area contributed by atoms with Crippen molar-refractivity contribution in [3.8, 4) is 11.5 Å². The van der Waals surface area contributed by atoms with Gasteiger partial charge in [0.05, 0.1) is 19.6 Å². The number of nitrogens with zero attached hydrogens (tertiary/aromatic N) is 3. The van der Waals surface area contributed by atoms with E-state index >= 15 is 0 Å². The molecule has 0 aliphatic carbocycles. The second kappa shape index (κ2) is 7.50. The summed E-state index contributed by atoms with van der Waals surface area (Å²) in [6.07, 6.45) is 0. The Morgan fingerprint density at radius 3 is 2.78 bits per heavy atom. The zero-order valence-electron chi connectivity index (χ0n) is 14.8. The Morgan fingerprint density at radius 1 is 1.22 bits per heavy atom. The van der Waals surface area contributed by atoms with Gasteiger partial charge < -0.3 is 9.15 Å². The van der Waals surface area contributed by atoms with E-state index in [4.69, 9.17) is 20.8 Å². The molecule has 0 fully saturated rings. The molecule has 0 saturated heterocycles. The number of esters is 1. The van der Waals surface area contributed by atoms with Gasteiger partial charge in [-0.3, -0.25) is 9.69 Å². The number of fused-ring (bicyclic) bond motifs is 1. The van der Waals surface area contributed by atoms with E-state index in [1.54, 1.807) is 12.1 Å². The predicted octanol–water partition coefficient (Wildman–Crippen LogP) is 3.66. The number of rotatable bonds is 4. The van der Waals surface area contributed by atoms with Crippen molar-refractivity contribution in [2.24, 2.45) is 0 Å².